The van der Waals surface area contributed by atoms with Gasteiger partial charge in [0.1, 0.15) is 4.99 Å². The Kier molecular flexibility index (Phi) is 4.83. The number of hydrogen-bond acceptors (Lipinski definition) is 2. The zero-order valence-electron chi connectivity index (χ0n) is 11.1. The van der Waals surface area contributed by atoms with E-state index in [0.29, 0.717) is 26.9 Å². The summed E-state index contributed by atoms with van der Waals surface area (Å²) in [5.41, 5.74) is 7.87. The fourth-order valence-electron chi connectivity index (χ4n) is 1.78. The smallest absolute Gasteiger partial charge is 0.257 e. The van der Waals surface area contributed by atoms with Crippen molar-refractivity contribution >= 4 is 52.0 Å². The highest BCUT2D eigenvalue weighted by Crippen LogP contribution is 2.26. The van der Waals surface area contributed by atoms with Crippen LogP contribution in [0.25, 0.3) is 0 Å². The highest BCUT2D eigenvalue weighted by molar-refractivity contribution is 7.80. The second-order valence-corrected chi connectivity index (χ2v) is 5.67. The number of thiocarbonyl (C=S) groups is 1. The van der Waals surface area contributed by atoms with Crippen LogP contribution in [-0.2, 0) is 0 Å². The van der Waals surface area contributed by atoms with E-state index in [1.54, 1.807) is 30.3 Å². The van der Waals surface area contributed by atoms with Crippen molar-refractivity contribution in [1.82, 2.24) is 0 Å². The summed E-state index contributed by atoms with van der Waals surface area (Å²) in [7, 11) is 0. The summed E-state index contributed by atoms with van der Waals surface area (Å²) in [6, 6.07) is 10.2. The third kappa shape index (κ3) is 3.53. The van der Waals surface area contributed by atoms with Crippen LogP contribution in [0.15, 0.2) is 36.4 Å². The largest absolute Gasteiger partial charge is 0.389 e. The first-order valence-electron chi connectivity index (χ1n) is 6.06. The Morgan fingerprint density at radius 3 is 2.57 bits per heavy atom. The van der Waals surface area contributed by atoms with Crippen LogP contribution in [-0.4, -0.2) is 10.9 Å². The maximum Gasteiger partial charge on any atom is 0.257 e. The molecule has 0 fully saturated rings. The van der Waals surface area contributed by atoms with E-state index in [2.05, 4.69) is 5.32 Å². The molecule has 0 aliphatic carbocycles. The number of anilines is 1. The Labute approximate surface area is 138 Å². The molecule has 3 nitrogen and oxygen atoms in total. The van der Waals surface area contributed by atoms with E-state index >= 15 is 0 Å². The van der Waals surface area contributed by atoms with E-state index < -0.39 is 0 Å². The molecule has 0 unspecified atom stereocenters. The van der Waals surface area contributed by atoms with Gasteiger partial charge in [0.05, 0.1) is 21.3 Å². The van der Waals surface area contributed by atoms with Crippen LogP contribution in [0.1, 0.15) is 21.5 Å². The van der Waals surface area contributed by atoms with Crippen LogP contribution in [0.4, 0.5) is 5.69 Å². The topological polar surface area (TPSA) is 55.1 Å². The Balaban J connectivity index is 2.28. The van der Waals surface area contributed by atoms with Crippen LogP contribution < -0.4 is 11.1 Å². The summed E-state index contributed by atoms with van der Waals surface area (Å²) < 4.78 is 0. The highest BCUT2D eigenvalue weighted by Gasteiger charge is 2.13. The van der Waals surface area contributed by atoms with Crippen LogP contribution >= 0.6 is 35.4 Å². The lowest BCUT2D eigenvalue weighted by Crippen LogP contribution is -2.14. The molecule has 2 aromatic carbocycles. The monoisotopic (exact) mass is 338 g/mol. The maximum absolute atomic E-state index is 12.3. The molecule has 0 bridgehead atoms. The second kappa shape index (κ2) is 6.43. The molecule has 6 heteroatoms. The molecule has 3 N–H and O–H groups in total. The fraction of sp³-hybridized carbons (Fsp3) is 0.0667. The third-order valence-electron chi connectivity index (χ3n) is 2.94. The summed E-state index contributed by atoms with van der Waals surface area (Å²) in [5, 5.41) is 3.50. The number of nitrogens with one attached hydrogen (secondary N) is 1. The first-order chi connectivity index (χ1) is 9.90. The number of halogens is 2. The Morgan fingerprint density at radius 2 is 1.95 bits per heavy atom. The predicted molar refractivity (Wildman–Crippen MR) is 91.5 cm³/mol. The quantitative estimate of drug-likeness (QED) is 0.825. The van der Waals surface area contributed by atoms with Gasteiger partial charge < -0.3 is 11.1 Å². The Morgan fingerprint density at radius 1 is 1.24 bits per heavy atom. The molecule has 0 atom stereocenters. The molecule has 0 spiro atoms. The molecule has 21 heavy (non-hydrogen) atoms. The van der Waals surface area contributed by atoms with E-state index in [9.17, 15) is 4.79 Å². The van der Waals surface area contributed by atoms with Gasteiger partial charge in [0.15, 0.2) is 0 Å². The lowest BCUT2D eigenvalue weighted by atomic mass is 10.1. The minimum absolute atomic E-state index is 0.247. The molecule has 2 aromatic rings. The summed E-state index contributed by atoms with van der Waals surface area (Å²) in [6.07, 6.45) is 0. The van der Waals surface area contributed by atoms with Gasteiger partial charge in [-0.1, -0.05) is 47.6 Å². The number of hydrogen-bond donors (Lipinski definition) is 2. The van der Waals surface area contributed by atoms with Gasteiger partial charge in [0, 0.05) is 5.56 Å². The van der Waals surface area contributed by atoms with Crippen LogP contribution in [0.2, 0.25) is 10.0 Å². The summed E-state index contributed by atoms with van der Waals surface area (Å²) in [6.45, 7) is 1.84. The van der Waals surface area contributed by atoms with Crippen molar-refractivity contribution in [3.63, 3.8) is 0 Å². The first-order valence-corrected chi connectivity index (χ1v) is 7.22. The second-order valence-electron chi connectivity index (χ2n) is 4.45. The minimum Gasteiger partial charge on any atom is -0.389 e. The van der Waals surface area contributed by atoms with E-state index in [1.807, 2.05) is 13.0 Å². The van der Waals surface area contributed by atoms with Gasteiger partial charge in [-0.05, 0) is 36.8 Å². The molecule has 0 aromatic heterocycles. The molecule has 108 valence electrons. The number of benzene rings is 2. The lowest BCUT2D eigenvalue weighted by Gasteiger charge is -2.10. The average molecular weight is 339 g/mol. The summed E-state index contributed by atoms with van der Waals surface area (Å²) >= 11 is 17.1. The van der Waals surface area contributed by atoms with Crippen molar-refractivity contribution < 1.29 is 4.79 Å². The molecule has 0 heterocycles. The van der Waals surface area contributed by atoms with Gasteiger partial charge in [-0.15, -0.1) is 0 Å². The first kappa shape index (κ1) is 15.8. The number of carbonyl (C=O) groups excluding carboxylic acids is 1. The number of nitrogens with two attached hydrogens (primary N) is 1. The van der Waals surface area contributed by atoms with E-state index in [4.69, 9.17) is 41.2 Å². The number of aryl methyl sites for hydroxylation is 1. The number of carbonyl (C=O) groups is 1. The number of amides is 1. The molecule has 0 saturated carbocycles. The summed E-state index contributed by atoms with van der Waals surface area (Å²) in [4.78, 5) is 12.5. The molecular weight excluding hydrogens is 327 g/mol. The van der Waals surface area contributed by atoms with Crippen molar-refractivity contribution in [1.29, 1.82) is 0 Å². The molecule has 2 rings (SSSR count). The maximum atomic E-state index is 12.3. The average Bonchev–Trinajstić information content (AvgIpc) is 2.43. The molecule has 0 saturated heterocycles. The Bertz CT molecular complexity index is 732. The highest BCUT2D eigenvalue weighted by atomic mass is 35.5. The van der Waals surface area contributed by atoms with Gasteiger partial charge in [-0.3, -0.25) is 4.79 Å². The standard InChI is InChI=1S/C15H12Cl2N2OS/c1-8-3-2-4-10(13(8)17)15(20)19-12-6-5-9(14(18)21)7-11(12)16/h2-7H,1H3,(H2,18,21)(H,19,20). The van der Waals surface area contributed by atoms with Gasteiger partial charge >= 0.3 is 0 Å². The Hall–Kier alpha value is -1.62. The van der Waals surface area contributed by atoms with E-state index in [1.165, 1.54) is 0 Å². The number of rotatable bonds is 3. The molecule has 1 amide bonds. The predicted octanol–water partition coefficient (Wildman–Crippen LogP) is 4.19. The van der Waals surface area contributed by atoms with Crippen molar-refractivity contribution in [3.05, 3.63) is 63.1 Å². The molecule has 0 aliphatic heterocycles. The van der Waals surface area contributed by atoms with E-state index in [0.717, 1.165) is 5.56 Å². The zero-order valence-corrected chi connectivity index (χ0v) is 13.4. The lowest BCUT2D eigenvalue weighted by molar-refractivity contribution is 0.102. The van der Waals surface area contributed by atoms with Gasteiger partial charge in [0.25, 0.3) is 5.91 Å². The van der Waals surface area contributed by atoms with Gasteiger partial charge in [-0.2, -0.15) is 0 Å². The SMILES string of the molecule is Cc1cccc(C(=O)Nc2ccc(C(N)=S)cc2Cl)c1Cl. The molecule has 0 radical (unpaired) electrons. The fourth-order valence-corrected chi connectivity index (χ4v) is 2.35. The minimum atomic E-state index is -0.325. The zero-order chi connectivity index (χ0) is 15.6. The molecular formula is C15H12Cl2N2OS. The van der Waals surface area contributed by atoms with Crippen molar-refractivity contribution in [2.45, 2.75) is 6.92 Å². The van der Waals surface area contributed by atoms with E-state index in [-0.39, 0.29) is 10.9 Å². The van der Waals surface area contributed by atoms with Crippen LogP contribution in [0.5, 0.6) is 0 Å². The summed E-state index contributed by atoms with van der Waals surface area (Å²) in [5.74, 6) is -0.325. The van der Waals surface area contributed by atoms with Gasteiger partial charge in [0.2, 0.25) is 0 Å². The normalized spacial score (nSPS) is 10.2. The van der Waals surface area contributed by atoms with Crippen LogP contribution in [0.3, 0.4) is 0 Å². The van der Waals surface area contributed by atoms with Crippen molar-refractivity contribution in [2.75, 3.05) is 5.32 Å². The third-order valence-corrected chi connectivity index (χ3v) is 3.99. The molecule has 0 aliphatic rings. The van der Waals surface area contributed by atoms with Gasteiger partial charge in [-0.25, -0.2) is 0 Å². The van der Waals surface area contributed by atoms with Crippen molar-refractivity contribution in [2.24, 2.45) is 5.73 Å². The van der Waals surface area contributed by atoms with Crippen LogP contribution in [0, 0.1) is 6.92 Å². The van der Waals surface area contributed by atoms with Crippen molar-refractivity contribution in [3.8, 4) is 0 Å².